The molecule has 0 unspecified atom stereocenters. The molecule has 0 aliphatic heterocycles. The second-order valence-electron chi connectivity index (χ2n) is 7.93. The third-order valence-electron chi connectivity index (χ3n) is 5.55. The maximum atomic E-state index is 14.4. The van der Waals surface area contributed by atoms with Gasteiger partial charge in [-0.15, -0.1) is 0 Å². The molecule has 0 aromatic heterocycles. The van der Waals surface area contributed by atoms with Gasteiger partial charge in [0.15, 0.2) is 11.5 Å². The van der Waals surface area contributed by atoms with Crippen LogP contribution in [0.2, 0.25) is 0 Å². The molecular weight excluding hydrogens is 498 g/mol. The molecule has 0 bridgehead atoms. The zero-order chi connectivity index (χ0) is 26.5. The molecule has 0 spiro atoms. The van der Waals surface area contributed by atoms with Crippen LogP contribution in [0.25, 0.3) is 0 Å². The number of para-hydroxylation sites is 2. The van der Waals surface area contributed by atoms with Gasteiger partial charge in [-0.2, -0.15) is 26.3 Å². The van der Waals surface area contributed by atoms with Gasteiger partial charge in [-0.1, -0.05) is 60.7 Å². The molecule has 4 rings (SSSR count). The van der Waals surface area contributed by atoms with E-state index < -0.39 is 28.9 Å². The Hall–Kier alpha value is -4.34. The Morgan fingerprint density at radius 3 is 1.05 bits per heavy atom. The van der Waals surface area contributed by atoms with E-state index in [0.717, 1.165) is 48.5 Å². The summed E-state index contributed by atoms with van der Waals surface area (Å²) >= 11 is 0. The van der Waals surface area contributed by atoms with Crippen LogP contribution in [0.15, 0.2) is 109 Å². The predicted molar refractivity (Wildman–Crippen MR) is 127 cm³/mol. The average Bonchev–Trinajstić information content (AvgIpc) is 2.88. The summed E-state index contributed by atoms with van der Waals surface area (Å²) in [6.45, 7) is 0. The summed E-state index contributed by atoms with van der Waals surface area (Å²) in [6.07, 6.45) is -11.4. The molecule has 0 aliphatic rings. The molecule has 0 fully saturated rings. The van der Waals surface area contributed by atoms with E-state index in [1.165, 1.54) is 0 Å². The third kappa shape index (κ3) is 5.42. The first-order chi connectivity index (χ1) is 17.6. The van der Waals surface area contributed by atoms with Crippen LogP contribution in [0.5, 0.6) is 11.5 Å². The molecule has 192 valence electrons. The number of nitrogens with one attached hydrogen (secondary N) is 2. The summed E-state index contributed by atoms with van der Waals surface area (Å²) in [5.41, 5.74) is -0.0322. The Bertz CT molecular complexity index is 1170. The lowest BCUT2D eigenvalue weighted by atomic mass is 9.73. The van der Waals surface area contributed by atoms with E-state index in [2.05, 4.69) is 11.0 Å². The van der Waals surface area contributed by atoms with Gasteiger partial charge in [0.05, 0.1) is 11.4 Å². The van der Waals surface area contributed by atoms with Crippen molar-refractivity contribution in [3.63, 3.8) is 0 Å². The van der Waals surface area contributed by atoms with Crippen LogP contribution in [-0.4, -0.2) is 12.4 Å². The fraction of sp³-hybridized carbons (Fsp3) is 0.111. The van der Waals surface area contributed by atoms with E-state index in [-0.39, 0.29) is 11.5 Å². The van der Waals surface area contributed by atoms with Crippen LogP contribution in [0, 0.1) is 0 Å². The monoisotopic (exact) mass is 518 g/mol. The number of rotatable bonds is 8. The fourth-order valence-corrected chi connectivity index (χ4v) is 3.78. The lowest BCUT2D eigenvalue weighted by molar-refractivity contribution is -0.288. The molecule has 4 nitrogen and oxygen atoms in total. The van der Waals surface area contributed by atoms with Crippen LogP contribution in [-0.2, 0) is 5.41 Å². The van der Waals surface area contributed by atoms with Crippen molar-refractivity contribution >= 4 is 11.4 Å². The number of benzene rings is 4. The Labute approximate surface area is 208 Å². The molecule has 0 amide bonds. The number of anilines is 2. The molecular formula is C27H20F6N2O2. The average molecular weight is 518 g/mol. The molecule has 4 aromatic carbocycles. The summed E-state index contributed by atoms with van der Waals surface area (Å²) in [7, 11) is 0. The van der Waals surface area contributed by atoms with Crippen LogP contribution >= 0.6 is 0 Å². The highest BCUT2D eigenvalue weighted by molar-refractivity contribution is 5.48. The summed E-state index contributed by atoms with van der Waals surface area (Å²) in [5, 5.41) is 0. The van der Waals surface area contributed by atoms with Crippen molar-refractivity contribution in [2.45, 2.75) is 17.8 Å². The van der Waals surface area contributed by atoms with E-state index in [1.807, 2.05) is 0 Å². The Morgan fingerprint density at radius 2 is 0.757 bits per heavy atom. The summed E-state index contributed by atoms with van der Waals surface area (Å²) in [6, 6.07) is 24.3. The van der Waals surface area contributed by atoms with E-state index >= 15 is 0 Å². The van der Waals surface area contributed by atoms with Crippen molar-refractivity contribution in [1.29, 1.82) is 0 Å². The molecule has 0 saturated carbocycles. The first kappa shape index (κ1) is 25.7. The maximum Gasteiger partial charge on any atom is 0.411 e. The van der Waals surface area contributed by atoms with E-state index in [4.69, 9.17) is 9.68 Å². The largest absolute Gasteiger partial charge is 0.411 e. The Morgan fingerprint density at radius 1 is 0.432 bits per heavy atom. The second-order valence-corrected chi connectivity index (χ2v) is 7.93. The highest BCUT2D eigenvalue weighted by Crippen LogP contribution is 2.56. The molecule has 0 radical (unpaired) electrons. The van der Waals surface area contributed by atoms with Crippen molar-refractivity contribution in [2.75, 3.05) is 11.0 Å². The lowest BCUT2D eigenvalue weighted by Gasteiger charge is -2.38. The van der Waals surface area contributed by atoms with Gasteiger partial charge in [0.25, 0.3) is 0 Å². The summed E-state index contributed by atoms with van der Waals surface area (Å²) < 4.78 is 86.3. The molecule has 10 heteroatoms. The van der Waals surface area contributed by atoms with Gasteiger partial charge in [0.1, 0.15) is 0 Å². The SMILES string of the molecule is FC(F)(F)C(c1ccc(ONc2ccccc2)cc1)(c1ccc(ONc2ccccc2)cc1)C(F)(F)F. The Kier molecular flexibility index (Phi) is 7.19. The van der Waals surface area contributed by atoms with Gasteiger partial charge in [0, 0.05) is 0 Å². The van der Waals surface area contributed by atoms with E-state index in [0.29, 0.717) is 11.4 Å². The van der Waals surface area contributed by atoms with E-state index in [1.54, 1.807) is 60.7 Å². The summed E-state index contributed by atoms with van der Waals surface area (Å²) in [5.74, 6) is 0.0585. The van der Waals surface area contributed by atoms with Gasteiger partial charge in [-0.3, -0.25) is 0 Å². The molecule has 37 heavy (non-hydrogen) atoms. The number of alkyl halides is 6. The van der Waals surface area contributed by atoms with Crippen molar-refractivity contribution in [3.8, 4) is 11.5 Å². The minimum Gasteiger partial charge on any atom is -0.382 e. The van der Waals surface area contributed by atoms with Crippen molar-refractivity contribution < 1.29 is 36.0 Å². The van der Waals surface area contributed by atoms with Crippen molar-refractivity contribution in [1.82, 2.24) is 0 Å². The van der Waals surface area contributed by atoms with Gasteiger partial charge in [-0.25, -0.2) is 11.0 Å². The quantitative estimate of drug-likeness (QED) is 0.184. The van der Waals surface area contributed by atoms with E-state index in [9.17, 15) is 26.3 Å². The highest BCUT2D eigenvalue weighted by atomic mass is 19.4. The van der Waals surface area contributed by atoms with Crippen LogP contribution in [0.1, 0.15) is 11.1 Å². The molecule has 2 N–H and O–H groups in total. The van der Waals surface area contributed by atoms with Gasteiger partial charge >= 0.3 is 12.4 Å². The number of hydrogen-bond acceptors (Lipinski definition) is 4. The van der Waals surface area contributed by atoms with Crippen LogP contribution < -0.4 is 20.6 Å². The molecule has 0 aliphatic carbocycles. The molecule has 0 atom stereocenters. The zero-order valence-electron chi connectivity index (χ0n) is 19.0. The zero-order valence-corrected chi connectivity index (χ0v) is 19.0. The third-order valence-corrected chi connectivity index (χ3v) is 5.55. The smallest absolute Gasteiger partial charge is 0.382 e. The van der Waals surface area contributed by atoms with Gasteiger partial charge in [0.2, 0.25) is 5.41 Å². The highest BCUT2D eigenvalue weighted by Gasteiger charge is 2.72. The van der Waals surface area contributed by atoms with Crippen LogP contribution in [0.4, 0.5) is 37.7 Å². The topological polar surface area (TPSA) is 42.5 Å². The van der Waals surface area contributed by atoms with Gasteiger partial charge < -0.3 is 9.68 Å². The Balaban J connectivity index is 1.63. The fourth-order valence-electron chi connectivity index (χ4n) is 3.78. The first-order valence-electron chi connectivity index (χ1n) is 10.9. The van der Waals surface area contributed by atoms with Crippen molar-refractivity contribution in [3.05, 3.63) is 120 Å². The minimum absolute atomic E-state index is 0.0292. The summed E-state index contributed by atoms with van der Waals surface area (Å²) in [4.78, 5) is 10.6. The number of halogens is 6. The maximum absolute atomic E-state index is 14.4. The molecule has 0 heterocycles. The minimum atomic E-state index is -5.71. The van der Waals surface area contributed by atoms with Crippen molar-refractivity contribution in [2.24, 2.45) is 0 Å². The van der Waals surface area contributed by atoms with Gasteiger partial charge in [-0.05, 0) is 59.7 Å². The lowest BCUT2D eigenvalue weighted by Crippen LogP contribution is -2.54. The molecule has 0 saturated heterocycles. The second kappa shape index (κ2) is 10.3. The normalized spacial score (nSPS) is 12.1. The number of hydrogen-bond donors (Lipinski definition) is 2. The van der Waals surface area contributed by atoms with Crippen LogP contribution in [0.3, 0.4) is 0 Å². The standard InChI is InChI=1S/C27H20F6N2O2/c28-26(29,30)25(27(31,32)33,19-11-15-23(16-12-19)36-34-21-7-3-1-4-8-21)20-13-17-24(18-14-20)37-35-22-9-5-2-6-10-22/h1-18,34-35H. The first-order valence-corrected chi connectivity index (χ1v) is 10.9. The predicted octanol–water partition coefficient (Wildman–Crippen LogP) is 7.91. The molecule has 4 aromatic rings.